The molecule has 0 aliphatic carbocycles. The van der Waals surface area contributed by atoms with Gasteiger partial charge in [0.15, 0.2) is 17.3 Å². The molecule has 1 aromatic carbocycles. The summed E-state index contributed by atoms with van der Waals surface area (Å²) in [5.41, 5.74) is 0.563. The lowest BCUT2D eigenvalue weighted by Gasteiger charge is -2.10. The minimum absolute atomic E-state index is 0.0309. The molecule has 0 aromatic heterocycles. The number of ketones is 1. The first-order chi connectivity index (χ1) is 7.60. The summed E-state index contributed by atoms with van der Waals surface area (Å²) in [7, 11) is 1.48. The van der Waals surface area contributed by atoms with Gasteiger partial charge in [-0.05, 0) is 31.2 Å². The third kappa shape index (κ3) is 2.92. The Bertz CT molecular complexity index is 388. The maximum Gasteiger partial charge on any atom is 0.171 e. The van der Waals surface area contributed by atoms with Gasteiger partial charge in [-0.3, -0.25) is 4.79 Å². The third-order valence-electron chi connectivity index (χ3n) is 2.13. The highest BCUT2D eigenvalue weighted by atomic mass is 32.2. The van der Waals surface area contributed by atoms with Crippen molar-refractivity contribution in [2.75, 3.05) is 12.9 Å². The van der Waals surface area contributed by atoms with Gasteiger partial charge in [0, 0.05) is 5.56 Å². The van der Waals surface area contributed by atoms with Crippen molar-refractivity contribution in [3.63, 3.8) is 0 Å². The SMILES string of the molecule is CCCSc1cc(C(C)=O)cc(OC)c1O. The molecule has 0 saturated carbocycles. The number of thioether (sulfide) groups is 1. The molecule has 1 rings (SSSR count). The first-order valence-electron chi connectivity index (χ1n) is 5.14. The van der Waals surface area contributed by atoms with Gasteiger partial charge in [-0.25, -0.2) is 0 Å². The van der Waals surface area contributed by atoms with Crippen LogP contribution in [0.1, 0.15) is 30.6 Å². The lowest BCUT2D eigenvalue weighted by Crippen LogP contribution is -1.95. The van der Waals surface area contributed by atoms with Gasteiger partial charge in [0.05, 0.1) is 12.0 Å². The molecular formula is C12H16O3S. The van der Waals surface area contributed by atoms with E-state index in [0.29, 0.717) is 16.2 Å². The average molecular weight is 240 g/mol. The number of benzene rings is 1. The zero-order valence-electron chi connectivity index (χ0n) is 9.74. The van der Waals surface area contributed by atoms with Gasteiger partial charge >= 0.3 is 0 Å². The Labute approximate surface area is 99.8 Å². The summed E-state index contributed by atoms with van der Waals surface area (Å²) in [6.07, 6.45) is 1.01. The van der Waals surface area contributed by atoms with Crippen molar-refractivity contribution in [1.29, 1.82) is 0 Å². The number of hydrogen-bond acceptors (Lipinski definition) is 4. The van der Waals surface area contributed by atoms with E-state index in [0.717, 1.165) is 12.2 Å². The fourth-order valence-corrected chi connectivity index (χ4v) is 2.13. The summed E-state index contributed by atoms with van der Waals surface area (Å²) < 4.78 is 5.04. The van der Waals surface area contributed by atoms with E-state index in [1.165, 1.54) is 25.8 Å². The second-order valence-electron chi connectivity index (χ2n) is 3.43. The lowest BCUT2D eigenvalue weighted by atomic mass is 10.1. The number of carbonyl (C=O) groups is 1. The zero-order valence-corrected chi connectivity index (χ0v) is 10.6. The molecule has 88 valence electrons. The Morgan fingerprint density at radius 3 is 2.69 bits per heavy atom. The van der Waals surface area contributed by atoms with Crippen molar-refractivity contribution in [3.8, 4) is 11.5 Å². The molecule has 0 aliphatic rings. The van der Waals surface area contributed by atoms with E-state index in [1.54, 1.807) is 12.1 Å². The van der Waals surface area contributed by atoms with E-state index >= 15 is 0 Å². The lowest BCUT2D eigenvalue weighted by molar-refractivity contribution is 0.101. The standard InChI is InChI=1S/C12H16O3S/c1-4-5-16-11-7-9(8(2)13)6-10(15-3)12(11)14/h6-7,14H,4-5H2,1-3H3. The van der Waals surface area contributed by atoms with E-state index in [-0.39, 0.29) is 11.5 Å². The molecule has 1 aromatic rings. The number of phenols is 1. The Hall–Kier alpha value is -1.16. The topological polar surface area (TPSA) is 46.5 Å². The Balaban J connectivity index is 3.13. The van der Waals surface area contributed by atoms with E-state index < -0.39 is 0 Å². The van der Waals surface area contributed by atoms with Crippen molar-refractivity contribution in [2.24, 2.45) is 0 Å². The number of Topliss-reactive ketones (excluding diaryl/α,β-unsaturated/α-hetero) is 1. The third-order valence-corrected chi connectivity index (χ3v) is 3.36. The predicted octanol–water partition coefficient (Wildman–Crippen LogP) is 3.11. The van der Waals surface area contributed by atoms with E-state index in [1.807, 2.05) is 0 Å². The van der Waals surface area contributed by atoms with Crippen LogP contribution in [0.15, 0.2) is 17.0 Å². The summed E-state index contributed by atoms with van der Waals surface area (Å²) in [6.45, 7) is 3.57. The van der Waals surface area contributed by atoms with Crippen LogP contribution in [0.3, 0.4) is 0 Å². The summed E-state index contributed by atoms with van der Waals surface area (Å²) in [6, 6.07) is 3.27. The van der Waals surface area contributed by atoms with Crippen LogP contribution in [0.2, 0.25) is 0 Å². The van der Waals surface area contributed by atoms with Crippen LogP contribution in [0.5, 0.6) is 11.5 Å². The number of rotatable bonds is 5. The average Bonchev–Trinajstić information content (AvgIpc) is 2.27. The van der Waals surface area contributed by atoms with Gasteiger partial charge in [0.1, 0.15) is 0 Å². The molecule has 4 heteroatoms. The van der Waals surface area contributed by atoms with E-state index in [2.05, 4.69) is 6.92 Å². The number of ether oxygens (including phenoxy) is 1. The molecule has 0 heterocycles. The largest absolute Gasteiger partial charge is 0.503 e. The first kappa shape index (κ1) is 12.9. The molecule has 0 bridgehead atoms. The molecule has 1 N–H and O–H groups in total. The molecule has 3 nitrogen and oxygen atoms in total. The molecule has 0 amide bonds. The molecule has 0 atom stereocenters. The predicted molar refractivity (Wildman–Crippen MR) is 65.7 cm³/mol. The smallest absolute Gasteiger partial charge is 0.171 e. The molecule has 0 fully saturated rings. The minimum atomic E-state index is -0.0309. The fraction of sp³-hybridized carbons (Fsp3) is 0.417. The fourth-order valence-electron chi connectivity index (χ4n) is 1.26. The van der Waals surface area contributed by atoms with Gasteiger partial charge in [0.2, 0.25) is 0 Å². The second-order valence-corrected chi connectivity index (χ2v) is 4.57. The van der Waals surface area contributed by atoms with E-state index in [9.17, 15) is 9.90 Å². The molecule has 0 saturated heterocycles. The molecule has 0 aliphatic heterocycles. The van der Waals surface area contributed by atoms with Gasteiger partial charge in [-0.1, -0.05) is 6.92 Å². The van der Waals surface area contributed by atoms with Crippen molar-refractivity contribution < 1.29 is 14.6 Å². The van der Waals surface area contributed by atoms with E-state index in [4.69, 9.17) is 4.74 Å². The summed E-state index contributed by atoms with van der Waals surface area (Å²) in [5.74, 6) is 1.34. The maximum atomic E-state index is 11.3. The Kier molecular flexibility index (Phi) is 4.68. The first-order valence-corrected chi connectivity index (χ1v) is 6.13. The van der Waals surface area contributed by atoms with Crippen LogP contribution in [0.4, 0.5) is 0 Å². The summed E-state index contributed by atoms with van der Waals surface area (Å²) in [5, 5.41) is 9.86. The number of aromatic hydroxyl groups is 1. The highest BCUT2D eigenvalue weighted by molar-refractivity contribution is 7.99. The van der Waals surface area contributed by atoms with Crippen LogP contribution >= 0.6 is 11.8 Å². The van der Waals surface area contributed by atoms with Crippen molar-refractivity contribution in [3.05, 3.63) is 17.7 Å². The van der Waals surface area contributed by atoms with Crippen molar-refractivity contribution in [1.82, 2.24) is 0 Å². The number of phenolic OH excluding ortho intramolecular Hbond substituents is 1. The van der Waals surface area contributed by atoms with Gasteiger partial charge in [-0.15, -0.1) is 11.8 Å². The van der Waals surface area contributed by atoms with Crippen LogP contribution < -0.4 is 4.74 Å². The Morgan fingerprint density at radius 2 is 2.19 bits per heavy atom. The van der Waals surface area contributed by atoms with Gasteiger partial charge in [-0.2, -0.15) is 0 Å². The minimum Gasteiger partial charge on any atom is -0.503 e. The molecule has 16 heavy (non-hydrogen) atoms. The van der Waals surface area contributed by atoms with Crippen LogP contribution in [0.25, 0.3) is 0 Å². The number of carbonyl (C=O) groups excluding carboxylic acids is 1. The summed E-state index contributed by atoms with van der Waals surface area (Å²) >= 11 is 1.53. The highest BCUT2D eigenvalue weighted by Crippen LogP contribution is 2.38. The van der Waals surface area contributed by atoms with Crippen LogP contribution in [0, 0.1) is 0 Å². The quantitative estimate of drug-likeness (QED) is 0.634. The molecular weight excluding hydrogens is 224 g/mol. The number of hydrogen-bond donors (Lipinski definition) is 1. The van der Waals surface area contributed by atoms with Crippen LogP contribution in [-0.4, -0.2) is 23.8 Å². The monoisotopic (exact) mass is 240 g/mol. The Morgan fingerprint density at radius 1 is 1.50 bits per heavy atom. The van der Waals surface area contributed by atoms with Crippen LogP contribution in [-0.2, 0) is 0 Å². The molecule has 0 unspecified atom stereocenters. The second kappa shape index (κ2) is 5.80. The number of methoxy groups -OCH3 is 1. The zero-order chi connectivity index (χ0) is 12.1. The van der Waals surface area contributed by atoms with Crippen molar-refractivity contribution in [2.45, 2.75) is 25.2 Å². The maximum absolute atomic E-state index is 11.3. The van der Waals surface area contributed by atoms with Crippen molar-refractivity contribution >= 4 is 17.5 Å². The molecule has 0 spiro atoms. The normalized spacial score (nSPS) is 10.2. The van der Waals surface area contributed by atoms with Gasteiger partial charge in [0.25, 0.3) is 0 Å². The molecule has 0 radical (unpaired) electrons. The highest BCUT2D eigenvalue weighted by Gasteiger charge is 2.12. The summed E-state index contributed by atoms with van der Waals surface area (Å²) in [4.78, 5) is 12.0. The van der Waals surface area contributed by atoms with Gasteiger partial charge < -0.3 is 9.84 Å².